The highest BCUT2D eigenvalue weighted by Gasteiger charge is 2.46. The molecule has 1 aliphatic heterocycles. The van der Waals surface area contributed by atoms with Crippen LogP contribution in [0.25, 0.3) is 0 Å². The standard InChI is InChI=1S/C92H155N3O13S/c1-4-7-10-13-16-19-22-34-52-67-82(103-71-55-37-28-25-31-43-58-79-61-46-40-47-62-79)75-86(97)93-70-74-106-92-90(95-88(99)77-84(69-54-36-24-21-18-15-12-9-6-3)105-73-57-39-30-27-33-45-60-81-65-50-42-51-66-81)89(91(85(78-96)107-92)108-109(100,101)102)94-87(98)76-83(68-53-35-23-20-17-14-11-8-5-2)104-72-56-38-29-26-32-44-59-80-63-48-41-49-64-80/h40-42,46-51,61-66,82-85,89,91,96H,4-39,43-45,52-60,67-78H2,1-3H3,(H,93,97)(H,94,98)(H,95,99)(H,100,101,102)/t82-,83-,84-,85?,89?,91-/m1/s1. The van der Waals surface area contributed by atoms with Gasteiger partial charge in [-0.15, -0.1) is 0 Å². The molecule has 1 aliphatic rings. The molecule has 0 saturated carbocycles. The summed E-state index contributed by atoms with van der Waals surface area (Å²) in [5.74, 6) is -1.53. The number of amides is 3. The number of benzene rings is 3. The lowest BCUT2D eigenvalue weighted by Gasteiger charge is -2.38. The van der Waals surface area contributed by atoms with Crippen LogP contribution >= 0.6 is 0 Å². The number of carbonyl (C=O) groups excluding carboxylic acids is 3. The summed E-state index contributed by atoms with van der Waals surface area (Å²) in [6, 6.07) is 30.3. The predicted molar refractivity (Wildman–Crippen MR) is 447 cm³/mol. The van der Waals surface area contributed by atoms with Crippen molar-refractivity contribution < 1.29 is 60.3 Å². The summed E-state index contributed by atoms with van der Waals surface area (Å²) in [5.41, 5.74) is 3.96. The Bertz CT molecular complexity index is 2780. The van der Waals surface area contributed by atoms with Crippen molar-refractivity contribution in [2.45, 2.75) is 404 Å². The second kappa shape index (κ2) is 66.5. The molecule has 0 aromatic heterocycles. The minimum absolute atomic E-state index is 0.0161. The molecule has 0 fully saturated rings. The number of unbranched alkanes of at least 4 members (excludes halogenated alkanes) is 39. The fourth-order valence-corrected chi connectivity index (χ4v) is 15.4. The van der Waals surface area contributed by atoms with E-state index in [4.69, 9.17) is 27.9 Å². The maximum atomic E-state index is 14.9. The molecule has 109 heavy (non-hydrogen) atoms. The number of aliphatic hydroxyl groups excluding tert-OH is 1. The van der Waals surface area contributed by atoms with Gasteiger partial charge in [0.2, 0.25) is 17.7 Å². The topological polar surface area (TPSA) is 217 Å². The minimum Gasteiger partial charge on any atom is -0.462 e. The number of hydrogen-bond donors (Lipinski definition) is 5. The molecule has 2 unspecified atom stereocenters. The van der Waals surface area contributed by atoms with Crippen molar-refractivity contribution in [3.05, 3.63) is 119 Å². The number of hydrogen-bond acceptors (Lipinski definition) is 12. The van der Waals surface area contributed by atoms with Crippen molar-refractivity contribution in [2.24, 2.45) is 0 Å². The lowest BCUT2D eigenvalue weighted by atomic mass is 9.98. The second-order valence-electron chi connectivity index (χ2n) is 31.3. The second-order valence-corrected chi connectivity index (χ2v) is 32.4. The van der Waals surface area contributed by atoms with Crippen LogP contribution in [0, 0.1) is 0 Å². The highest BCUT2D eigenvalue weighted by Crippen LogP contribution is 2.30. The van der Waals surface area contributed by atoms with E-state index < -0.39 is 59.3 Å². The maximum absolute atomic E-state index is 14.9. The van der Waals surface area contributed by atoms with E-state index >= 15 is 0 Å². The van der Waals surface area contributed by atoms with Gasteiger partial charge in [-0.2, -0.15) is 8.42 Å². The predicted octanol–water partition coefficient (Wildman–Crippen LogP) is 22.3. The zero-order valence-electron chi connectivity index (χ0n) is 68.8. The lowest BCUT2D eigenvalue weighted by molar-refractivity contribution is -0.133. The van der Waals surface area contributed by atoms with Crippen LogP contribution in [0.1, 0.15) is 365 Å². The summed E-state index contributed by atoms with van der Waals surface area (Å²) in [6.07, 6.45) is 51.5. The first-order chi connectivity index (χ1) is 53.4. The lowest BCUT2D eigenvalue weighted by Crippen LogP contribution is -2.59. The quantitative estimate of drug-likeness (QED) is 0.0263. The molecule has 3 amide bonds. The van der Waals surface area contributed by atoms with E-state index in [1.807, 2.05) is 0 Å². The monoisotopic (exact) mass is 1540 g/mol. The zero-order chi connectivity index (χ0) is 78.0. The van der Waals surface area contributed by atoms with E-state index in [1.165, 1.54) is 139 Å². The van der Waals surface area contributed by atoms with Crippen molar-refractivity contribution >= 4 is 28.1 Å². The van der Waals surface area contributed by atoms with Gasteiger partial charge in [0, 0.05) is 19.8 Å². The van der Waals surface area contributed by atoms with Crippen LogP contribution in [-0.4, -0.2) is 112 Å². The van der Waals surface area contributed by atoms with Gasteiger partial charge in [-0.3, -0.25) is 18.9 Å². The average molecular weight is 1540 g/mol. The Kier molecular flexibility index (Phi) is 58.9. The summed E-state index contributed by atoms with van der Waals surface area (Å²) in [5, 5.41) is 20.0. The summed E-state index contributed by atoms with van der Waals surface area (Å²) >= 11 is 0. The molecule has 16 nitrogen and oxygen atoms in total. The highest BCUT2D eigenvalue weighted by molar-refractivity contribution is 7.80. The number of carbonyl (C=O) groups is 3. The molecule has 0 spiro atoms. The van der Waals surface area contributed by atoms with Crippen molar-refractivity contribution in [3.63, 3.8) is 0 Å². The van der Waals surface area contributed by atoms with Crippen molar-refractivity contribution in [2.75, 3.05) is 39.6 Å². The molecule has 3 aromatic rings. The smallest absolute Gasteiger partial charge is 0.397 e. The van der Waals surface area contributed by atoms with Gasteiger partial charge in [-0.25, -0.2) is 4.18 Å². The van der Waals surface area contributed by atoms with Gasteiger partial charge in [-0.05, 0) is 93.7 Å². The molecule has 622 valence electrons. The van der Waals surface area contributed by atoms with Gasteiger partial charge in [0.1, 0.15) is 24.4 Å². The molecular formula is C92H155N3O13S. The Hall–Kier alpha value is -4.88. The fraction of sp³-hybridized carbons (Fsp3) is 0.750. The maximum Gasteiger partial charge on any atom is 0.397 e. The number of ether oxygens (including phenoxy) is 5. The number of aliphatic hydroxyl groups is 1. The summed E-state index contributed by atoms with van der Waals surface area (Å²) in [6.45, 7) is 7.25. The van der Waals surface area contributed by atoms with Gasteiger partial charge < -0.3 is 44.7 Å². The van der Waals surface area contributed by atoms with Gasteiger partial charge >= 0.3 is 16.3 Å². The Morgan fingerprint density at radius 1 is 0.404 bits per heavy atom. The van der Waals surface area contributed by atoms with Crippen LogP contribution < -0.4 is 16.0 Å². The molecule has 1 heterocycles. The van der Waals surface area contributed by atoms with Gasteiger partial charge in [-0.1, -0.05) is 362 Å². The normalized spacial score (nSPS) is 15.4. The van der Waals surface area contributed by atoms with Gasteiger partial charge in [0.25, 0.3) is 0 Å². The number of aryl methyl sites for hydroxylation is 3. The molecule has 0 saturated heterocycles. The SMILES string of the molecule is CCCCCCCCCCC[C@H](CC(=O)NCCOC1=C(NC(=O)C[C@@H](CCCCCCCCCCC)OCCCCCCCCc2ccccc2)C(NC(=O)C[C@@H](CCCCCCCCCCC)OCCCCCCCCc2ccccc2)[C@H](OS(=O)(=O)O)C(CO)O1)OCCCCCCCCc1ccccc1. The Morgan fingerprint density at radius 3 is 1.06 bits per heavy atom. The van der Waals surface area contributed by atoms with Gasteiger partial charge in [0.15, 0.2) is 6.10 Å². The first-order valence-corrected chi connectivity index (χ1v) is 45.9. The van der Waals surface area contributed by atoms with Crippen molar-refractivity contribution in [1.82, 2.24) is 16.0 Å². The molecule has 4 rings (SSSR count). The third kappa shape index (κ3) is 52.2. The zero-order valence-corrected chi connectivity index (χ0v) is 69.7. The molecule has 0 aliphatic carbocycles. The minimum atomic E-state index is -5.27. The van der Waals surface area contributed by atoms with Crippen LogP contribution in [-0.2, 0) is 71.9 Å². The summed E-state index contributed by atoms with van der Waals surface area (Å²) in [7, 11) is -5.27. The summed E-state index contributed by atoms with van der Waals surface area (Å²) < 4.78 is 73.9. The first-order valence-electron chi connectivity index (χ1n) is 44.5. The Morgan fingerprint density at radius 2 is 0.716 bits per heavy atom. The molecule has 6 atom stereocenters. The van der Waals surface area contributed by atoms with E-state index in [9.17, 15) is 32.5 Å². The third-order valence-corrected chi connectivity index (χ3v) is 21.9. The Balaban J connectivity index is 1.55. The number of nitrogens with one attached hydrogen (secondary N) is 3. The molecule has 3 aromatic carbocycles. The third-order valence-electron chi connectivity index (χ3n) is 21.4. The van der Waals surface area contributed by atoms with E-state index in [0.717, 1.165) is 193 Å². The van der Waals surface area contributed by atoms with Crippen molar-refractivity contribution in [1.29, 1.82) is 0 Å². The van der Waals surface area contributed by atoms with Crippen LogP contribution in [0.2, 0.25) is 0 Å². The molecule has 0 bridgehead atoms. The number of rotatable bonds is 75. The van der Waals surface area contributed by atoms with Crippen molar-refractivity contribution in [3.8, 4) is 0 Å². The van der Waals surface area contributed by atoms with E-state index in [0.29, 0.717) is 32.7 Å². The van der Waals surface area contributed by atoms with Crippen LogP contribution in [0.4, 0.5) is 0 Å². The fourth-order valence-electron chi connectivity index (χ4n) is 14.9. The first kappa shape index (κ1) is 96.5. The molecule has 5 N–H and O–H groups in total. The summed E-state index contributed by atoms with van der Waals surface area (Å²) in [4.78, 5) is 43.7. The van der Waals surface area contributed by atoms with E-state index in [2.05, 4.69) is 128 Å². The molecule has 0 radical (unpaired) electrons. The average Bonchev–Trinajstić information content (AvgIpc) is 0.781. The van der Waals surface area contributed by atoms with Gasteiger partial charge in [0.05, 0.1) is 50.7 Å². The molecular weight excluding hydrogens is 1390 g/mol. The largest absolute Gasteiger partial charge is 0.462 e. The van der Waals surface area contributed by atoms with Crippen LogP contribution in [0.3, 0.4) is 0 Å². The van der Waals surface area contributed by atoms with Crippen LogP contribution in [0.5, 0.6) is 0 Å². The molecule has 17 heteroatoms. The Labute approximate surface area is 663 Å². The highest BCUT2D eigenvalue weighted by atomic mass is 32.3. The van der Waals surface area contributed by atoms with E-state index in [1.54, 1.807) is 0 Å². The van der Waals surface area contributed by atoms with Crippen LogP contribution in [0.15, 0.2) is 103 Å². The van der Waals surface area contributed by atoms with E-state index in [-0.39, 0.29) is 56.1 Å².